The van der Waals surface area contributed by atoms with Crippen LogP contribution in [-0.4, -0.2) is 33.1 Å². The van der Waals surface area contributed by atoms with E-state index >= 15 is 0 Å². The van der Waals surface area contributed by atoms with Crippen molar-refractivity contribution in [1.82, 2.24) is 0 Å². The Hall–Kier alpha value is 0.387. The van der Waals surface area contributed by atoms with Crippen LogP contribution in [0.4, 0.5) is 0 Å². The molecule has 104 valence electrons. The summed E-state index contributed by atoms with van der Waals surface area (Å²) in [5, 5.41) is 0. The van der Waals surface area contributed by atoms with Gasteiger partial charge in [-0.1, -0.05) is 20.8 Å². The van der Waals surface area contributed by atoms with Crippen LogP contribution in [-0.2, 0) is 13.3 Å². The molecule has 0 aliphatic heterocycles. The second-order valence-corrected chi connectivity index (χ2v) is 9.06. The Balaban J connectivity index is 4.78. The molecule has 0 fully saturated rings. The van der Waals surface area contributed by atoms with Gasteiger partial charge in [-0.05, 0) is 33.1 Å². The van der Waals surface area contributed by atoms with Gasteiger partial charge in [0, 0.05) is 19.8 Å². The van der Waals surface area contributed by atoms with Gasteiger partial charge in [0.25, 0.3) is 0 Å². The number of hydrogen-bond donors (Lipinski definition) is 0. The molecule has 0 rings (SSSR count). The Morgan fingerprint density at radius 1 is 0.824 bits per heavy atom. The van der Waals surface area contributed by atoms with Crippen molar-refractivity contribution in [2.24, 2.45) is 0 Å². The SMILES string of the molecule is CCCO[Si](OCCC)(OCCC)C(C)(C)Cl. The molecule has 0 aliphatic rings. The van der Waals surface area contributed by atoms with Gasteiger partial charge in [0.2, 0.25) is 0 Å². The van der Waals surface area contributed by atoms with Gasteiger partial charge in [-0.3, -0.25) is 0 Å². The van der Waals surface area contributed by atoms with Crippen molar-refractivity contribution in [3.05, 3.63) is 0 Å². The number of rotatable bonds is 10. The van der Waals surface area contributed by atoms with Gasteiger partial charge >= 0.3 is 8.80 Å². The fourth-order valence-corrected chi connectivity index (χ4v) is 4.54. The fourth-order valence-electron chi connectivity index (χ4n) is 1.35. The normalized spacial score (nSPS) is 13.1. The van der Waals surface area contributed by atoms with Crippen LogP contribution >= 0.6 is 11.6 Å². The number of halogens is 1. The van der Waals surface area contributed by atoms with E-state index in [2.05, 4.69) is 20.8 Å². The van der Waals surface area contributed by atoms with Crippen molar-refractivity contribution in [3.8, 4) is 0 Å². The van der Waals surface area contributed by atoms with E-state index in [1.165, 1.54) is 0 Å². The summed E-state index contributed by atoms with van der Waals surface area (Å²) in [5.74, 6) is 0. The second-order valence-electron chi connectivity index (χ2n) is 4.57. The first-order valence-electron chi connectivity index (χ1n) is 6.54. The highest BCUT2D eigenvalue weighted by atomic mass is 35.5. The summed E-state index contributed by atoms with van der Waals surface area (Å²) in [6.45, 7) is 11.9. The van der Waals surface area contributed by atoms with E-state index in [0.717, 1.165) is 19.3 Å². The van der Waals surface area contributed by atoms with Crippen LogP contribution in [0, 0.1) is 0 Å². The summed E-state index contributed by atoms with van der Waals surface area (Å²) >= 11 is 6.45. The van der Waals surface area contributed by atoms with E-state index in [4.69, 9.17) is 24.9 Å². The maximum absolute atomic E-state index is 6.45. The molecule has 0 amide bonds. The first-order chi connectivity index (χ1) is 7.93. The predicted molar refractivity (Wildman–Crippen MR) is 74.4 cm³/mol. The molecule has 0 unspecified atom stereocenters. The summed E-state index contributed by atoms with van der Waals surface area (Å²) in [7, 11) is -2.79. The van der Waals surface area contributed by atoms with Gasteiger partial charge in [0.05, 0.1) is 0 Å². The summed E-state index contributed by atoms with van der Waals surface area (Å²) in [4.78, 5) is 0. The van der Waals surface area contributed by atoms with Crippen LogP contribution in [0.5, 0.6) is 0 Å². The molecule has 0 saturated carbocycles. The molecular weight excluding hydrogens is 256 g/mol. The van der Waals surface area contributed by atoms with Crippen molar-refractivity contribution in [2.75, 3.05) is 19.8 Å². The molecule has 0 aliphatic carbocycles. The van der Waals surface area contributed by atoms with E-state index in [1.807, 2.05) is 13.8 Å². The molecule has 0 aromatic carbocycles. The largest absolute Gasteiger partial charge is 0.522 e. The zero-order valence-corrected chi connectivity index (χ0v) is 13.6. The minimum absolute atomic E-state index is 0.591. The van der Waals surface area contributed by atoms with E-state index in [1.54, 1.807) is 0 Å². The van der Waals surface area contributed by atoms with Gasteiger partial charge in [0.15, 0.2) is 0 Å². The standard InChI is InChI=1S/C12H27ClO3Si/c1-6-9-14-17(12(4,5)13,15-10-7-2)16-11-8-3/h6-11H2,1-5H3. The van der Waals surface area contributed by atoms with E-state index in [0.29, 0.717) is 19.8 Å². The highest BCUT2D eigenvalue weighted by molar-refractivity contribution is 6.73. The third-order valence-electron chi connectivity index (χ3n) is 2.22. The first kappa shape index (κ1) is 17.4. The molecule has 0 aromatic rings. The van der Waals surface area contributed by atoms with E-state index in [9.17, 15) is 0 Å². The highest BCUT2D eigenvalue weighted by Gasteiger charge is 2.55. The number of hydrogen-bond acceptors (Lipinski definition) is 3. The lowest BCUT2D eigenvalue weighted by Crippen LogP contribution is -2.60. The van der Waals surface area contributed by atoms with Gasteiger partial charge in [-0.25, -0.2) is 0 Å². The molecule has 0 aromatic heterocycles. The van der Waals surface area contributed by atoms with Crippen LogP contribution in [0.2, 0.25) is 0 Å². The summed E-state index contributed by atoms with van der Waals surface area (Å²) in [5.41, 5.74) is 0. The third kappa shape index (κ3) is 5.70. The zero-order valence-electron chi connectivity index (χ0n) is 11.8. The molecule has 0 heterocycles. The molecular formula is C12H27ClO3Si. The van der Waals surface area contributed by atoms with Crippen molar-refractivity contribution in [1.29, 1.82) is 0 Å². The fraction of sp³-hybridized carbons (Fsp3) is 1.00. The van der Waals surface area contributed by atoms with Gasteiger partial charge in [-0.2, -0.15) is 0 Å². The van der Waals surface area contributed by atoms with Gasteiger partial charge in [0.1, 0.15) is 4.50 Å². The lowest BCUT2D eigenvalue weighted by atomic mass is 10.5. The smallest absolute Gasteiger partial charge is 0.372 e. The topological polar surface area (TPSA) is 27.7 Å². The maximum atomic E-state index is 6.45. The van der Waals surface area contributed by atoms with Crippen molar-refractivity contribution >= 4 is 20.4 Å². The van der Waals surface area contributed by atoms with Crippen LogP contribution in [0.15, 0.2) is 0 Å². The third-order valence-corrected chi connectivity index (χ3v) is 6.12. The lowest BCUT2D eigenvalue weighted by Gasteiger charge is -2.37. The molecule has 0 spiro atoms. The molecule has 0 saturated heterocycles. The molecule has 5 heteroatoms. The molecule has 17 heavy (non-hydrogen) atoms. The predicted octanol–water partition coefficient (Wildman–Crippen LogP) is 3.76. The van der Waals surface area contributed by atoms with Crippen molar-refractivity contribution in [3.63, 3.8) is 0 Å². The van der Waals surface area contributed by atoms with Gasteiger partial charge < -0.3 is 13.3 Å². The Labute approximate surface area is 112 Å². The molecule has 0 bridgehead atoms. The first-order valence-corrected chi connectivity index (χ1v) is 8.64. The number of alkyl halides is 1. The Morgan fingerprint density at radius 3 is 1.29 bits per heavy atom. The summed E-state index contributed by atoms with van der Waals surface area (Å²) in [6.07, 6.45) is 2.81. The zero-order chi connectivity index (χ0) is 13.4. The van der Waals surface area contributed by atoms with Crippen LogP contribution in [0.1, 0.15) is 53.9 Å². The minimum Gasteiger partial charge on any atom is -0.372 e. The molecule has 0 N–H and O–H groups in total. The van der Waals surface area contributed by atoms with Crippen molar-refractivity contribution in [2.45, 2.75) is 58.4 Å². The summed E-state index contributed by atoms with van der Waals surface area (Å²) < 4.78 is 17.1. The monoisotopic (exact) mass is 282 g/mol. The average molecular weight is 283 g/mol. The van der Waals surface area contributed by atoms with Gasteiger partial charge in [-0.15, -0.1) is 11.6 Å². The highest BCUT2D eigenvalue weighted by Crippen LogP contribution is 2.31. The van der Waals surface area contributed by atoms with Crippen LogP contribution in [0.25, 0.3) is 0 Å². The molecule has 3 nitrogen and oxygen atoms in total. The maximum Gasteiger partial charge on any atom is 0.522 e. The molecule has 0 radical (unpaired) electrons. The van der Waals surface area contributed by atoms with Crippen LogP contribution in [0.3, 0.4) is 0 Å². The average Bonchev–Trinajstić information content (AvgIpc) is 2.27. The van der Waals surface area contributed by atoms with Crippen LogP contribution < -0.4 is 0 Å². The second kappa shape index (κ2) is 8.48. The lowest BCUT2D eigenvalue weighted by molar-refractivity contribution is 0.0489. The Bertz CT molecular complexity index is 173. The quantitative estimate of drug-likeness (QED) is 0.451. The minimum atomic E-state index is -2.79. The Morgan fingerprint density at radius 2 is 1.12 bits per heavy atom. The van der Waals surface area contributed by atoms with Crippen molar-refractivity contribution < 1.29 is 13.3 Å². The Kier molecular flexibility index (Phi) is 8.68. The molecule has 0 atom stereocenters. The van der Waals surface area contributed by atoms with E-state index in [-0.39, 0.29) is 0 Å². The summed E-state index contributed by atoms with van der Waals surface area (Å²) in [6, 6.07) is 0. The van der Waals surface area contributed by atoms with E-state index < -0.39 is 13.3 Å².